The number of rotatable bonds is 3. The Bertz CT molecular complexity index is 360. The fourth-order valence-corrected chi connectivity index (χ4v) is 2.45. The van der Waals surface area contributed by atoms with Crippen molar-refractivity contribution in [3.8, 4) is 5.75 Å². The van der Waals surface area contributed by atoms with Gasteiger partial charge in [0.25, 0.3) is 0 Å². The molecule has 0 spiro atoms. The molecule has 84 valence electrons. The van der Waals surface area contributed by atoms with Gasteiger partial charge in [0.15, 0.2) is 0 Å². The SMILES string of the molecule is N[C@@H](CC(F)F)c1cc(Br)cc(Br)c1O. The van der Waals surface area contributed by atoms with Crippen LogP contribution in [0.25, 0.3) is 0 Å². The number of hydrogen-bond donors (Lipinski definition) is 2. The second-order valence-electron chi connectivity index (χ2n) is 3.06. The zero-order chi connectivity index (χ0) is 11.6. The molecule has 0 saturated heterocycles. The van der Waals surface area contributed by atoms with Crippen LogP contribution in [0.15, 0.2) is 21.1 Å². The van der Waals surface area contributed by atoms with Gasteiger partial charge in [-0.15, -0.1) is 0 Å². The third-order valence-electron chi connectivity index (χ3n) is 1.89. The van der Waals surface area contributed by atoms with Crippen LogP contribution in [0, 0.1) is 0 Å². The minimum Gasteiger partial charge on any atom is -0.506 e. The van der Waals surface area contributed by atoms with E-state index >= 15 is 0 Å². The summed E-state index contributed by atoms with van der Waals surface area (Å²) in [5, 5.41) is 9.61. The quantitative estimate of drug-likeness (QED) is 0.880. The summed E-state index contributed by atoms with van der Waals surface area (Å²) in [5.74, 6) is -0.0913. The summed E-state index contributed by atoms with van der Waals surface area (Å²) in [6, 6.07) is 2.28. The van der Waals surface area contributed by atoms with E-state index in [-0.39, 0.29) is 5.75 Å². The molecule has 2 nitrogen and oxygen atoms in total. The molecule has 0 unspecified atom stereocenters. The van der Waals surface area contributed by atoms with Crippen LogP contribution < -0.4 is 5.73 Å². The molecular weight excluding hydrogens is 336 g/mol. The summed E-state index contributed by atoms with van der Waals surface area (Å²) < 4.78 is 25.3. The topological polar surface area (TPSA) is 46.2 Å². The van der Waals surface area contributed by atoms with E-state index in [2.05, 4.69) is 31.9 Å². The smallest absolute Gasteiger partial charge is 0.240 e. The second-order valence-corrected chi connectivity index (χ2v) is 4.83. The Morgan fingerprint density at radius 2 is 1.93 bits per heavy atom. The maximum Gasteiger partial charge on any atom is 0.240 e. The van der Waals surface area contributed by atoms with Gasteiger partial charge in [0.1, 0.15) is 5.75 Å². The van der Waals surface area contributed by atoms with Gasteiger partial charge in [0.05, 0.1) is 4.47 Å². The van der Waals surface area contributed by atoms with E-state index in [0.29, 0.717) is 14.5 Å². The van der Waals surface area contributed by atoms with Crippen LogP contribution in [-0.4, -0.2) is 11.5 Å². The van der Waals surface area contributed by atoms with E-state index in [9.17, 15) is 13.9 Å². The van der Waals surface area contributed by atoms with Crippen LogP contribution in [0.4, 0.5) is 8.78 Å². The molecule has 0 heterocycles. The highest BCUT2D eigenvalue weighted by Crippen LogP contribution is 2.35. The van der Waals surface area contributed by atoms with Crippen molar-refractivity contribution in [3.05, 3.63) is 26.6 Å². The van der Waals surface area contributed by atoms with Crippen LogP contribution in [0.1, 0.15) is 18.0 Å². The van der Waals surface area contributed by atoms with Gasteiger partial charge < -0.3 is 10.8 Å². The summed E-state index contributed by atoms with van der Waals surface area (Å²) in [4.78, 5) is 0. The molecule has 0 fully saturated rings. The second kappa shape index (κ2) is 5.23. The minimum absolute atomic E-state index is 0.0913. The predicted octanol–water partition coefficient (Wildman–Crippen LogP) is 3.57. The number of hydrogen-bond acceptors (Lipinski definition) is 2. The minimum atomic E-state index is -2.49. The van der Waals surface area contributed by atoms with Gasteiger partial charge in [0.2, 0.25) is 6.43 Å². The van der Waals surface area contributed by atoms with Gasteiger partial charge >= 0.3 is 0 Å². The maximum absolute atomic E-state index is 12.1. The van der Waals surface area contributed by atoms with E-state index in [1.165, 1.54) is 6.07 Å². The highest BCUT2D eigenvalue weighted by atomic mass is 79.9. The standard InChI is InChI=1S/C9H9Br2F2NO/c10-4-1-5(7(14)3-8(12)13)9(15)6(11)2-4/h1-2,7-8,15H,3,14H2/t7-/m0/s1. The molecule has 3 N–H and O–H groups in total. The normalized spacial score (nSPS) is 13.2. The monoisotopic (exact) mass is 343 g/mol. The van der Waals surface area contributed by atoms with Gasteiger partial charge in [-0.3, -0.25) is 0 Å². The number of benzene rings is 1. The van der Waals surface area contributed by atoms with Gasteiger partial charge in [-0.2, -0.15) is 0 Å². The molecule has 1 atom stereocenters. The molecule has 1 aromatic carbocycles. The van der Waals surface area contributed by atoms with Crippen molar-refractivity contribution < 1.29 is 13.9 Å². The van der Waals surface area contributed by atoms with Gasteiger partial charge in [-0.25, -0.2) is 8.78 Å². The third-order valence-corrected chi connectivity index (χ3v) is 2.95. The zero-order valence-corrected chi connectivity index (χ0v) is 10.7. The summed E-state index contributed by atoms with van der Waals surface area (Å²) in [6.07, 6.45) is -2.96. The maximum atomic E-state index is 12.1. The van der Waals surface area contributed by atoms with E-state index in [0.717, 1.165) is 0 Å². The van der Waals surface area contributed by atoms with Gasteiger partial charge in [-0.05, 0) is 28.1 Å². The number of phenolic OH excluding ortho intramolecular Hbond substituents is 1. The van der Waals surface area contributed by atoms with Crippen LogP contribution in [0.5, 0.6) is 5.75 Å². The molecule has 0 bridgehead atoms. The first-order valence-corrected chi connectivity index (χ1v) is 5.72. The molecule has 6 heteroatoms. The van der Waals surface area contributed by atoms with Crippen molar-refractivity contribution >= 4 is 31.9 Å². The van der Waals surface area contributed by atoms with Crippen LogP contribution in [0.3, 0.4) is 0 Å². The van der Waals surface area contributed by atoms with Gasteiger partial charge in [0, 0.05) is 22.5 Å². The Balaban J connectivity index is 3.02. The molecular formula is C9H9Br2F2NO. The lowest BCUT2D eigenvalue weighted by Gasteiger charge is -2.14. The van der Waals surface area contributed by atoms with Crippen LogP contribution >= 0.6 is 31.9 Å². The first-order valence-electron chi connectivity index (χ1n) is 4.13. The molecule has 0 aliphatic heterocycles. The molecule has 0 radical (unpaired) electrons. The number of aromatic hydroxyl groups is 1. The number of phenols is 1. The Labute approximate surface area is 103 Å². The zero-order valence-electron chi connectivity index (χ0n) is 7.55. The molecule has 0 amide bonds. The molecule has 0 aliphatic carbocycles. The lowest BCUT2D eigenvalue weighted by Crippen LogP contribution is -2.14. The lowest BCUT2D eigenvalue weighted by atomic mass is 10.0. The fraction of sp³-hybridized carbons (Fsp3) is 0.333. The number of nitrogens with two attached hydrogens (primary N) is 1. The van der Waals surface area contributed by atoms with Crippen LogP contribution in [0.2, 0.25) is 0 Å². The van der Waals surface area contributed by atoms with Crippen molar-refractivity contribution in [1.29, 1.82) is 0 Å². The van der Waals surface area contributed by atoms with E-state index < -0.39 is 18.9 Å². The molecule has 0 aliphatic rings. The average Bonchev–Trinajstić information content (AvgIpc) is 2.09. The van der Waals surface area contributed by atoms with Crippen molar-refractivity contribution in [2.24, 2.45) is 5.73 Å². The first-order chi connectivity index (χ1) is 6.91. The summed E-state index contributed by atoms with van der Waals surface area (Å²) in [7, 11) is 0. The largest absolute Gasteiger partial charge is 0.506 e. The molecule has 0 aromatic heterocycles. The van der Waals surface area contributed by atoms with Crippen LogP contribution in [-0.2, 0) is 0 Å². The fourth-order valence-electron chi connectivity index (χ4n) is 1.19. The highest BCUT2D eigenvalue weighted by Gasteiger charge is 2.18. The van der Waals surface area contributed by atoms with Crippen molar-refractivity contribution in [1.82, 2.24) is 0 Å². The molecule has 1 aromatic rings. The summed E-state index contributed by atoms with van der Waals surface area (Å²) in [5.41, 5.74) is 5.86. The number of halogens is 4. The number of alkyl halides is 2. The first kappa shape index (κ1) is 12.9. The average molecular weight is 345 g/mol. The lowest BCUT2D eigenvalue weighted by molar-refractivity contribution is 0.128. The molecule has 0 saturated carbocycles. The van der Waals surface area contributed by atoms with E-state index in [1.807, 2.05) is 0 Å². The van der Waals surface area contributed by atoms with Crippen molar-refractivity contribution in [3.63, 3.8) is 0 Å². The summed E-state index contributed by atoms with van der Waals surface area (Å²) >= 11 is 6.31. The Morgan fingerprint density at radius 3 is 2.47 bits per heavy atom. The third kappa shape index (κ3) is 3.39. The Hall–Kier alpha value is -0.200. The predicted molar refractivity (Wildman–Crippen MR) is 61.1 cm³/mol. The molecule has 15 heavy (non-hydrogen) atoms. The summed E-state index contributed by atoms with van der Waals surface area (Å²) in [6.45, 7) is 0. The van der Waals surface area contributed by atoms with Crippen molar-refractivity contribution in [2.75, 3.05) is 0 Å². The Kier molecular flexibility index (Phi) is 4.48. The van der Waals surface area contributed by atoms with Gasteiger partial charge in [-0.1, -0.05) is 15.9 Å². The van der Waals surface area contributed by atoms with E-state index in [1.54, 1.807) is 6.07 Å². The molecule has 1 rings (SSSR count). The van der Waals surface area contributed by atoms with E-state index in [4.69, 9.17) is 5.73 Å². The van der Waals surface area contributed by atoms with Crippen molar-refractivity contribution in [2.45, 2.75) is 18.9 Å². The Morgan fingerprint density at radius 1 is 1.33 bits per heavy atom. The highest BCUT2D eigenvalue weighted by molar-refractivity contribution is 9.11.